The molecule has 0 aliphatic carbocycles. The lowest BCUT2D eigenvalue weighted by Crippen LogP contribution is -2.14. The topological polar surface area (TPSA) is 79.8 Å². The Kier molecular flexibility index (Phi) is 4.98. The van der Waals surface area contributed by atoms with Crippen LogP contribution in [0.2, 0.25) is 5.02 Å². The Morgan fingerprint density at radius 3 is 2.50 bits per heavy atom. The van der Waals surface area contributed by atoms with E-state index in [0.717, 1.165) is 5.69 Å². The number of amides is 1. The van der Waals surface area contributed by atoms with Gasteiger partial charge in [0.25, 0.3) is 5.91 Å². The van der Waals surface area contributed by atoms with E-state index in [4.69, 9.17) is 11.6 Å². The Morgan fingerprint density at radius 2 is 1.83 bits per heavy atom. The van der Waals surface area contributed by atoms with E-state index < -0.39 is 0 Å². The smallest absolute Gasteiger partial charge is 0.275 e. The minimum absolute atomic E-state index is 0.230. The number of nitrogens with zero attached hydrogens (tertiary/aromatic N) is 3. The fourth-order valence-electron chi connectivity index (χ4n) is 1.95. The Hall–Kier alpha value is -2.99. The second-order valence-electron chi connectivity index (χ2n) is 4.92. The molecule has 2 aromatic heterocycles. The molecule has 6 nitrogen and oxygen atoms in total. The molecule has 0 unspecified atom stereocenters. The first-order valence-electron chi connectivity index (χ1n) is 7.23. The molecule has 3 rings (SSSR count). The van der Waals surface area contributed by atoms with Crippen LogP contribution in [0.15, 0.2) is 61.1 Å². The zero-order valence-corrected chi connectivity index (χ0v) is 13.4. The zero-order valence-electron chi connectivity index (χ0n) is 12.6. The molecule has 7 heteroatoms. The summed E-state index contributed by atoms with van der Waals surface area (Å²) in [7, 11) is 0. The van der Waals surface area contributed by atoms with Gasteiger partial charge in [0.05, 0.1) is 24.6 Å². The summed E-state index contributed by atoms with van der Waals surface area (Å²) in [5.74, 6) is 0.241. The third-order valence-electron chi connectivity index (χ3n) is 3.16. The molecule has 0 aliphatic heterocycles. The molecule has 0 atom stereocenters. The predicted octanol–water partition coefficient (Wildman–Crippen LogP) is 3.39. The Labute approximate surface area is 143 Å². The number of pyridine rings is 1. The van der Waals surface area contributed by atoms with Gasteiger partial charge in [-0.15, -0.1) is 0 Å². The average molecular weight is 340 g/mol. The van der Waals surface area contributed by atoms with Crippen LogP contribution in [-0.2, 0) is 6.54 Å². The van der Waals surface area contributed by atoms with Gasteiger partial charge < -0.3 is 10.6 Å². The first kappa shape index (κ1) is 15.9. The second-order valence-corrected chi connectivity index (χ2v) is 5.36. The highest BCUT2D eigenvalue weighted by atomic mass is 35.5. The van der Waals surface area contributed by atoms with Crippen molar-refractivity contribution in [3.63, 3.8) is 0 Å². The summed E-state index contributed by atoms with van der Waals surface area (Å²) in [6.45, 7) is 0.534. The quantitative estimate of drug-likeness (QED) is 0.744. The predicted molar refractivity (Wildman–Crippen MR) is 93.0 cm³/mol. The molecule has 0 saturated carbocycles. The second kappa shape index (κ2) is 7.52. The molecule has 2 heterocycles. The average Bonchev–Trinajstić information content (AvgIpc) is 2.63. The van der Waals surface area contributed by atoms with Crippen molar-refractivity contribution < 1.29 is 4.79 Å². The Balaban J connectivity index is 1.59. The van der Waals surface area contributed by atoms with E-state index in [-0.39, 0.29) is 11.6 Å². The minimum Gasteiger partial charge on any atom is -0.363 e. The van der Waals surface area contributed by atoms with Gasteiger partial charge in [0.15, 0.2) is 0 Å². The van der Waals surface area contributed by atoms with Crippen LogP contribution in [0, 0.1) is 0 Å². The summed E-state index contributed by atoms with van der Waals surface area (Å²) >= 11 is 5.81. The lowest BCUT2D eigenvalue weighted by Gasteiger charge is -2.07. The maximum absolute atomic E-state index is 12.1. The number of halogens is 1. The Morgan fingerprint density at radius 1 is 1.00 bits per heavy atom. The number of rotatable bonds is 5. The van der Waals surface area contributed by atoms with Crippen molar-refractivity contribution in [1.29, 1.82) is 0 Å². The lowest BCUT2D eigenvalue weighted by atomic mass is 10.3. The van der Waals surface area contributed by atoms with Crippen LogP contribution in [0.3, 0.4) is 0 Å². The summed E-state index contributed by atoms with van der Waals surface area (Å²) in [5.41, 5.74) is 1.76. The van der Waals surface area contributed by atoms with Crippen molar-refractivity contribution in [2.24, 2.45) is 0 Å². The molecule has 2 N–H and O–H groups in total. The minimum atomic E-state index is -0.332. The van der Waals surface area contributed by atoms with Crippen molar-refractivity contribution in [3.8, 4) is 0 Å². The summed E-state index contributed by atoms with van der Waals surface area (Å²) in [4.78, 5) is 24.6. The highest BCUT2D eigenvalue weighted by Crippen LogP contribution is 2.14. The SMILES string of the molecule is O=C(Nc1ccc(Cl)cc1)c1cnc(NCc2ccccn2)cn1. The van der Waals surface area contributed by atoms with Crippen LogP contribution in [0.25, 0.3) is 0 Å². The van der Waals surface area contributed by atoms with Gasteiger partial charge in [-0.1, -0.05) is 17.7 Å². The van der Waals surface area contributed by atoms with Gasteiger partial charge >= 0.3 is 0 Å². The normalized spacial score (nSPS) is 10.2. The van der Waals surface area contributed by atoms with Gasteiger partial charge in [-0.05, 0) is 36.4 Å². The number of benzene rings is 1. The monoisotopic (exact) mass is 339 g/mol. The molecule has 1 amide bonds. The molecule has 0 aliphatic rings. The van der Waals surface area contributed by atoms with Crippen LogP contribution in [0.5, 0.6) is 0 Å². The van der Waals surface area contributed by atoms with Crippen LogP contribution in [-0.4, -0.2) is 20.9 Å². The summed E-state index contributed by atoms with van der Waals surface area (Å²) < 4.78 is 0. The van der Waals surface area contributed by atoms with E-state index in [1.54, 1.807) is 30.5 Å². The molecule has 0 fully saturated rings. The zero-order chi connectivity index (χ0) is 16.8. The molecule has 3 aromatic rings. The highest BCUT2D eigenvalue weighted by molar-refractivity contribution is 6.30. The highest BCUT2D eigenvalue weighted by Gasteiger charge is 2.08. The molecule has 0 saturated heterocycles. The van der Waals surface area contributed by atoms with Crippen molar-refractivity contribution in [1.82, 2.24) is 15.0 Å². The van der Waals surface area contributed by atoms with E-state index >= 15 is 0 Å². The van der Waals surface area contributed by atoms with Crippen molar-refractivity contribution >= 4 is 29.0 Å². The third-order valence-corrected chi connectivity index (χ3v) is 3.42. The van der Waals surface area contributed by atoms with E-state index in [2.05, 4.69) is 25.6 Å². The first-order valence-corrected chi connectivity index (χ1v) is 7.61. The largest absolute Gasteiger partial charge is 0.363 e. The molecule has 0 radical (unpaired) electrons. The van der Waals surface area contributed by atoms with E-state index in [1.165, 1.54) is 12.4 Å². The number of hydrogen-bond acceptors (Lipinski definition) is 5. The fraction of sp³-hybridized carbons (Fsp3) is 0.0588. The fourth-order valence-corrected chi connectivity index (χ4v) is 2.07. The number of carbonyl (C=O) groups is 1. The maximum Gasteiger partial charge on any atom is 0.275 e. The number of nitrogens with one attached hydrogen (secondary N) is 2. The first-order chi connectivity index (χ1) is 11.7. The molecular formula is C17H14ClN5O. The van der Waals surface area contributed by atoms with Gasteiger partial charge in [-0.25, -0.2) is 9.97 Å². The maximum atomic E-state index is 12.1. The van der Waals surface area contributed by atoms with Crippen molar-refractivity contribution in [3.05, 3.63) is 77.5 Å². The van der Waals surface area contributed by atoms with Crippen LogP contribution in [0.1, 0.15) is 16.2 Å². The molecule has 24 heavy (non-hydrogen) atoms. The van der Waals surface area contributed by atoms with Gasteiger partial charge in [0, 0.05) is 16.9 Å². The number of aromatic nitrogens is 3. The van der Waals surface area contributed by atoms with Gasteiger partial charge in [0.1, 0.15) is 11.5 Å². The van der Waals surface area contributed by atoms with E-state index in [9.17, 15) is 4.79 Å². The molecule has 0 spiro atoms. The van der Waals surface area contributed by atoms with Crippen molar-refractivity contribution in [2.75, 3.05) is 10.6 Å². The molecule has 0 bridgehead atoms. The van der Waals surface area contributed by atoms with E-state index in [0.29, 0.717) is 23.1 Å². The summed E-state index contributed by atoms with van der Waals surface area (Å²) in [6.07, 6.45) is 4.67. The van der Waals surface area contributed by atoms with E-state index in [1.807, 2.05) is 18.2 Å². The number of anilines is 2. The lowest BCUT2D eigenvalue weighted by molar-refractivity contribution is 0.102. The van der Waals surface area contributed by atoms with Gasteiger partial charge in [0.2, 0.25) is 0 Å². The molecule has 120 valence electrons. The number of hydrogen-bond donors (Lipinski definition) is 2. The van der Waals surface area contributed by atoms with Crippen LogP contribution >= 0.6 is 11.6 Å². The summed E-state index contributed by atoms with van der Waals surface area (Å²) in [6, 6.07) is 12.5. The molecule has 1 aromatic carbocycles. The summed E-state index contributed by atoms with van der Waals surface area (Å²) in [5, 5.41) is 6.44. The number of carbonyl (C=O) groups excluding carboxylic acids is 1. The van der Waals surface area contributed by atoms with Gasteiger partial charge in [-0.3, -0.25) is 9.78 Å². The third kappa shape index (κ3) is 4.27. The van der Waals surface area contributed by atoms with Crippen molar-refractivity contribution in [2.45, 2.75) is 6.54 Å². The van der Waals surface area contributed by atoms with Crippen LogP contribution in [0.4, 0.5) is 11.5 Å². The molecular weight excluding hydrogens is 326 g/mol. The Bertz CT molecular complexity index is 807. The van der Waals surface area contributed by atoms with Crippen LogP contribution < -0.4 is 10.6 Å². The standard InChI is InChI=1S/C17H14ClN5O/c18-12-4-6-13(7-5-12)23-17(24)15-10-22-16(11-20-15)21-9-14-3-1-2-8-19-14/h1-8,10-11H,9H2,(H,21,22)(H,23,24). The van der Waals surface area contributed by atoms with Gasteiger partial charge in [-0.2, -0.15) is 0 Å².